The molecule has 0 N–H and O–H groups in total. The molecule has 0 aliphatic heterocycles. The number of hydrogen-bond donors (Lipinski definition) is 0. The minimum absolute atomic E-state index is 0.634. The van der Waals surface area contributed by atoms with Gasteiger partial charge >= 0.3 is 92.2 Å². The molecule has 0 aromatic carbocycles. The maximum absolute atomic E-state index is 8.36. The number of aryl methyl sites for hydroxylation is 1. The molecule has 0 saturated carbocycles. The first-order valence-electron chi connectivity index (χ1n) is 3.34. The van der Waals surface area contributed by atoms with Gasteiger partial charge in [0.15, 0.2) is 0 Å². The van der Waals surface area contributed by atoms with Crippen LogP contribution in [0.5, 0.6) is 0 Å². The standard InChI is InChI=1S/C7H7NS3Se/c1-5-6(9-4-2-3-8)11-7(12)10-5/h2,4H2,1H3. The van der Waals surface area contributed by atoms with Crippen LogP contribution < -0.4 is 0 Å². The van der Waals surface area contributed by atoms with Gasteiger partial charge in [-0.2, -0.15) is 0 Å². The fourth-order valence-corrected chi connectivity index (χ4v) is 5.77. The molecule has 0 aliphatic rings. The molecule has 1 rings (SSSR count). The molecule has 0 atom stereocenters. The zero-order chi connectivity index (χ0) is 8.97. The van der Waals surface area contributed by atoms with Gasteiger partial charge in [0.1, 0.15) is 0 Å². The second-order valence-electron chi connectivity index (χ2n) is 2.05. The number of nitrogens with zero attached hydrogens (tertiary/aromatic N) is 1. The van der Waals surface area contributed by atoms with Crippen molar-refractivity contribution in [2.24, 2.45) is 0 Å². The van der Waals surface area contributed by atoms with Crippen molar-refractivity contribution in [2.75, 3.05) is 5.75 Å². The molecule has 0 saturated heterocycles. The molecule has 0 radical (unpaired) electrons. The third kappa shape index (κ3) is 3.04. The van der Waals surface area contributed by atoms with E-state index in [9.17, 15) is 0 Å². The molecule has 1 nitrogen and oxygen atoms in total. The van der Waals surface area contributed by atoms with Crippen LogP contribution in [-0.4, -0.2) is 21.3 Å². The van der Waals surface area contributed by atoms with E-state index in [-0.39, 0.29) is 0 Å². The SMILES string of the molecule is Cc1sc(=[Se])sc1SCCC#N. The second kappa shape index (κ2) is 5.21. The molecule has 0 aliphatic carbocycles. The maximum atomic E-state index is 8.36. The van der Waals surface area contributed by atoms with Crippen molar-refractivity contribution < 1.29 is 0 Å². The van der Waals surface area contributed by atoms with Crippen LogP contribution in [0.15, 0.2) is 4.21 Å². The normalized spacial score (nSPS) is 9.67. The summed E-state index contributed by atoms with van der Waals surface area (Å²) in [4.78, 5) is 1.36. The monoisotopic (exact) mass is 281 g/mol. The minimum atomic E-state index is 0.634. The second-order valence-corrected chi connectivity index (χ2v) is 7.94. The summed E-state index contributed by atoms with van der Waals surface area (Å²) in [5.41, 5.74) is 0. The predicted octanol–water partition coefficient (Wildman–Crippen LogP) is 2.82. The van der Waals surface area contributed by atoms with Crippen molar-refractivity contribution in [1.29, 1.82) is 5.26 Å². The zero-order valence-electron chi connectivity index (χ0n) is 6.49. The summed E-state index contributed by atoms with van der Waals surface area (Å²) in [6.07, 6.45) is 0.634. The van der Waals surface area contributed by atoms with Gasteiger partial charge in [-0.3, -0.25) is 0 Å². The first kappa shape index (κ1) is 10.5. The molecular weight excluding hydrogens is 273 g/mol. The van der Waals surface area contributed by atoms with Crippen molar-refractivity contribution >= 4 is 50.0 Å². The molecule has 5 heteroatoms. The summed E-state index contributed by atoms with van der Waals surface area (Å²) < 4.78 is 2.62. The Bertz CT molecular complexity index is 346. The fourth-order valence-electron chi connectivity index (χ4n) is 0.656. The Morgan fingerprint density at radius 2 is 2.33 bits per heavy atom. The first-order chi connectivity index (χ1) is 5.74. The molecule has 0 bridgehead atoms. The zero-order valence-corrected chi connectivity index (χ0v) is 10.7. The van der Waals surface area contributed by atoms with E-state index in [0.717, 1.165) is 5.75 Å². The molecule has 0 spiro atoms. The van der Waals surface area contributed by atoms with Crippen LogP contribution in [0.2, 0.25) is 0 Å². The van der Waals surface area contributed by atoms with Crippen molar-refractivity contribution in [3.8, 4) is 6.07 Å². The number of hydrogen-bond acceptors (Lipinski definition) is 4. The Morgan fingerprint density at radius 1 is 1.58 bits per heavy atom. The average Bonchev–Trinajstić information content (AvgIpc) is 2.31. The van der Waals surface area contributed by atoms with Gasteiger partial charge in [0.05, 0.1) is 0 Å². The molecule has 0 fully saturated rings. The van der Waals surface area contributed by atoms with Crippen molar-refractivity contribution in [3.05, 3.63) is 7.57 Å². The summed E-state index contributed by atoms with van der Waals surface area (Å²) in [5, 5.41) is 8.36. The van der Waals surface area contributed by atoms with Gasteiger partial charge in [0.2, 0.25) is 0 Å². The van der Waals surface area contributed by atoms with Gasteiger partial charge in [-0.05, 0) is 0 Å². The van der Waals surface area contributed by atoms with E-state index in [0.29, 0.717) is 6.42 Å². The number of nitriles is 1. The van der Waals surface area contributed by atoms with Gasteiger partial charge in [-0.1, -0.05) is 0 Å². The van der Waals surface area contributed by atoms with Crippen molar-refractivity contribution in [1.82, 2.24) is 0 Å². The summed E-state index contributed by atoms with van der Waals surface area (Å²) >= 11 is 8.36. The quantitative estimate of drug-likeness (QED) is 0.483. The van der Waals surface area contributed by atoms with Gasteiger partial charge in [-0.15, -0.1) is 0 Å². The average molecular weight is 280 g/mol. The molecule has 64 valence electrons. The Kier molecular flexibility index (Phi) is 4.55. The first-order valence-corrected chi connectivity index (χ1v) is 6.82. The summed E-state index contributed by atoms with van der Waals surface area (Å²) in [6, 6.07) is 2.14. The van der Waals surface area contributed by atoms with Crippen LogP contribution in [-0.2, 0) is 0 Å². The molecule has 0 amide bonds. The fraction of sp³-hybridized carbons (Fsp3) is 0.429. The van der Waals surface area contributed by atoms with Gasteiger partial charge in [-0.25, -0.2) is 0 Å². The van der Waals surface area contributed by atoms with Crippen LogP contribution in [0.3, 0.4) is 0 Å². The van der Waals surface area contributed by atoms with Crippen LogP contribution in [0, 0.1) is 20.9 Å². The van der Waals surface area contributed by atoms with Crippen molar-refractivity contribution in [2.45, 2.75) is 17.6 Å². The molecule has 1 heterocycles. The van der Waals surface area contributed by atoms with Gasteiger partial charge < -0.3 is 0 Å². The molecular formula is C7H7NS3Se. The summed E-state index contributed by atoms with van der Waals surface area (Å²) in [7, 11) is 0. The number of thioether (sulfide) groups is 1. The third-order valence-corrected chi connectivity index (χ3v) is 5.87. The molecule has 12 heavy (non-hydrogen) atoms. The summed E-state index contributed by atoms with van der Waals surface area (Å²) in [5.74, 6) is 0.907. The summed E-state index contributed by atoms with van der Waals surface area (Å²) in [6.45, 7) is 2.12. The van der Waals surface area contributed by atoms with Crippen LogP contribution in [0.1, 0.15) is 11.3 Å². The van der Waals surface area contributed by atoms with Crippen LogP contribution in [0.4, 0.5) is 0 Å². The Balaban J connectivity index is 2.58. The van der Waals surface area contributed by atoms with E-state index in [4.69, 9.17) is 5.26 Å². The van der Waals surface area contributed by atoms with Gasteiger partial charge in [0.25, 0.3) is 0 Å². The Labute approximate surface area is 91.8 Å². The van der Waals surface area contributed by atoms with Crippen LogP contribution >= 0.6 is 34.4 Å². The van der Waals surface area contributed by atoms with E-state index >= 15 is 0 Å². The van der Waals surface area contributed by atoms with E-state index in [1.807, 2.05) is 0 Å². The van der Waals surface area contributed by atoms with E-state index in [1.54, 1.807) is 34.4 Å². The Morgan fingerprint density at radius 3 is 2.83 bits per heavy atom. The third-order valence-electron chi connectivity index (χ3n) is 1.15. The van der Waals surface area contributed by atoms with Crippen LogP contribution in [0.25, 0.3) is 0 Å². The predicted molar refractivity (Wildman–Crippen MR) is 56.9 cm³/mol. The van der Waals surface area contributed by atoms with Gasteiger partial charge in [0, 0.05) is 0 Å². The Hall–Kier alpha value is 0.409. The van der Waals surface area contributed by atoms with E-state index in [1.165, 1.54) is 11.8 Å². The van der Waals surface area contributed by atoms with Crippen molar-refractivity contribution in [3.63, 3.8) is 0 Å². The molecule has 1 aromatic heterocycles. The molecule has 0 unspecified atom stereocenters. The number of rotatable bonds is 3. The topological polar surface area (TPSA) is 23.8 Å². The van der Waals surface area contributed by atoms with E-state index in [2.05, 4.69) is 28.6 Å². The van der Waals surface area contributed by atoms with E-state index < -0.39 is 0 Å². The molecule has 1 aromatic rings.